The molecule has 0 aliphatic rings. The molecule has 2 nitrogen and oxygen atoms in total. The van der Waals surface area contributed by atoms with Gasteiger partial charge >= 0.3 is 5.97 Å². The molecule has 0 fully saturated rings. The molecule has 0 rings (SSSR count). The lowest BCUT2D eigenvalue weighted by atomic mass is 10.0. The summed E-state index contributed by atoms with van der Waals surface area (Å²) in [4.78, 5) is 11.5. The van der Waals surface area contributed by atoms with E-state index in [1.54, 1.807) is 0 Å². The molecule has 0 aliphatic carbocycles. The molecule has 0 saturated heterocycles. The van der Waals surface area contributed by atoms with Gasteiger partial charge in [0.05, 0.1) is 6.61 Å². The van der Waals surface area contributed by atoms with Crippen molar-refractivity contribution in [1.29, 1.82) is 0 Å². The Balaban J connectivity index is 0. The molecule has 0 saturated carbocycles. The number of hydrogen-bond donors (Lipinski definition) is 0. The Bertz CT molecular complexity index is 373. The number of carbonyl (C=O) groups excluding carboxylic acids is 1. The Labute approximate surface area is 197 Å². The number of esters is 1. The minimum absolute atomic E-state index is 0. The van der Waals surface area contributed by atoms with Gasteiger partial charge in [-0.25, -0.2) is 0 Å². The first-order valence-electron chi connectivity index (χ1n) is 13.5. The molecule has 0 aromatic carbocycles. The molecule has 186 valence electrons. The zero-order valence-electron chi connectivity index (χ0n) is 20.9. The molecular formula is C29H58O2. The summed E-state index contributed by atoms with van der Waals surface area (Å²) in [5, 5.41) is 0. The topological polar surface area (TPSA) is 26.3 Å². The molecule has 0 amide bonds. The van der Waals surface area contributed by atoms with E-state index in [0.29, 0.717) is 18.9 Å². The fourth-order valence-corrected chi connectivity index (χ4v) is 3.73. The van der Waals surface area contributed by atoms with Crippen LogP contribution in [0.25, 0.3) is 0 Å². The Hall–Kier alpha value is -0.790. The van der Waals surface area contributed by atoms with E-state index >= 15 is 0 Å². The normalized spacial score (nSPS) is 11.2. The van der Waals surface area contributed by atoms with Crippen LogP contribution in [0.2, 0.25) is 0 Å². The predicted octanol–water partition coefficient (Wildman–Crippen LogP) is 10.2. The number of carbonyl (C=O) groups is 1. The molecule has 0 N–H and O–H groups in total. The van der Waals surface area contributed by atoms with Gasteiger partial charge in [0, 0.05) is 6.42 Å². The van der Waals surface area contributed by atoms with Gasteiger partial charge in [0.2, 0.25) is 0 Å². The summed E-state index contributed by atoms with van der Waals surface area (Å²) in [6, 6.07) is 0. The molecule has 0 aliphatic heterocycles. The third-order valence-corrected chi connectivity index (χ3v) is 5.72. The minimum Gasteiger partial charge on any atom is -0.465 e. The van der Waals surface area contributed by atoms with Crippen LogP contribution in [0.4, 0.5) is 0 Å². The van der Waals surface area contributed by atoms with Crippen molar-refractivity contribution in [3.63, 3.8) is 0 Å². The van der Waals surface area contributed by atoms with Gasteiger partial charge < -0.3 is 4.74 Å². The van der Waals surface area contributed by atoms with Gasteiger partial charge in [0.1, 0.15) is 0 Å². The Morgan fingerprint density at radius 3 is 1.45 bits per heavy atom. The zero-order chi connectivity index (χ0) is 22.1. The van der Waals surface area contributed by atoms with Crippen LogP contribution in [0.3, 0.4) is 0 Å². The van der Waals surface area contributed by atoms with E-state index in [2.05, 4.69) is 32.9 Å². The SMILES string of the molecule is C.CCCCCCCC/C=C/CCCCCCCCCCCCCC(=O)OCC(C)C. The quantitative estimate of drug-likeness (QED) is 0.0900. The van der Waals surface area contributed by atoms with E-state index in [0.717, 1.165) is 6.42 Å². The van der Waals surface area contributed by atoms with Gasteiger partial charge in [-0.2, -0.15) is 0 Å². The fourth-order valence-electron chi connectivity index (χ4n) is 3.73. The summed E-state index contributed by atoms with van der Waals surface area (Å²) < 4.78 is 5.20. The third-order valence-electron chi connectivity index (χ3n) is 5.72. The van der Waals surface area contributed by atoms with Crippen molar-refractivity contribution in [2.24, 2.45) is 5.92 Å². The van der Waals surface area contributed by atoms with Gasteiger partial charge in [-0.3, -0.25) is 4.79 Å². The van der Waals surface area contributed by atoms with Gasteiger partial charge in [-0.05, 0) is 38.0 Å². The maximum atomic E-state index is 11.5. The Morgan fingerprint density at radius 1 is 0.645 bits per heavy atom. The van der Waals surface area contributed by atoms with E-state index in [1.165, 1.54) is 116 Å². The smallest absolute Gasteiger partial charge is 0.305 e. The highest BCUT2D eigenvalue weighted by atomic mass is 16.5. The highest BCUT2D eigenvalue weighted by molar-refractivity contribution is 5.69. The third kappa shape index (κ3) is 29.2. The number of ether oxygens (including phenoxy) is 1. The van der Waals surface area contributed by atoms with Crippen LogP contribution in [-0.2, 0) is 9.53 Å². The molecule has 0 bridgehead atoms. The Morgan fingerprint density at radius 2 is 1.03 bits per heavy atom. The first-order valence-corrected chi connectivity index (χ1v) is 13.5. The standard InChI is InChI=1S/C28H54O2.CH4/c1-4-5-6-7-8-9-10-11-12-13-14-15-16-17-18-19-20-21-22-23-24-25-28(29)30-26-27(2)3;/h11-12,27H,4-10,13-26H2,1-3H3;1H4/b12-11+;. The second kappa shape index (κ2) is 27.2. The number of hydrogen-bond acceptors (Lipinski definition) is 2. The highest BCUT2D eigenvalue weighted by Crippen LogP contribution is 2.13. The fraction of sp³-hybridized carbons (Fsp3) is 0.897. The molecule has 0 atom stereocenters. The summed E-state index contributed by atoms with van der Waals surface area (Å²) in [6.07, 6.45) is 30.9. The summed E-state index contributed by atoms with van der Waals surface area (Å²) in [7, 11) is 0. The molecule has 0 spiro atoms. The van der Waals surface area contributed by atoms with Gasteiger partial charge in [0.25, 0.3) is 0 Å². The molecule has 0 radical (unpaired) electrons. The van der Waals surface area contributed by atoms with Crippen LogP contribution in [0.1, 0.15) is 157 Å². The van der Waals surface area contributed by atoms with Crippen LogP contribution in [0.5, 0.6) is 0 Å². The molecular weight excluding hydrogens is 380 g/mol. The van der Waals surface area contributed by atoms with Crippen LogP contribution in [0.15, 0.2) is 12.2 Å². The van der Waals surface area contributed by atoms with Crippen LogP contribution < -0.4 is 0 Å². The summed E-state index contributed by atoms with van der Waals surface area (Å²) in [6.45, 7) is 6.99. The van der Waals surface area contributed by atoms with Crippen LogP contribution in [-0.4, -0.2) is 12.6 Å². The second-order valence-corrected chi connectivity index (χ2v) is 9.53. The van der Waals surface area contributed by atoms with Crippen molar-refractivity contribution in [2.75, 3.05) is 6.61 Å². The van der Waals surface area contributed by atoms with Gasteiger partial charge in [0.15, 0.2) is 0 Å². The van der Waals surface area contributed by atoms with E-state index in [-0.39, 0.29) is 13.4 Å². The second-order valence-electron chi connectivity index (χ2n) is 9.53. The number of unbranched alkanes of at least 4 members (excludes halogenated alkanes) is 17. The summed E-state index contributed by atoms with van der Waals surface area (Å²) >= 11 is 0. The lowest BCUT2D eigenvalue weighted by Crippen LogP contribution is -2.09. The minimum atomic E-state index is -0.0167. The first kappa shape index (κ1) is 32.4. The first-order chi connectivity index (χ1) is 14.7. The van der Waals surface area contributed by atoms with Crippen LogP contribution in [0, 0.1) is 5.92 Å². The van der Waals surface area contributed by atoms with E-state index in [4.69, 9.17) is 4.74 Å². The van der Waals surface area contributed by atoms with E-state index < -0.39 is 0 Å². The highest BCUT2D eigenvalue weighted by Gasteiger charge is 2.03. The van der Waals surface area contributed by atoms with Gasteiger partial charge in [-0.15, -0.1) is 0 Å². The van der Waals surface area contributed by atoms with Crippen molar-refractivity contribution in [2.45, 2.75) is 157 Å². The lowest BCUT2D eigenvalue weighted by Gasteiger charge is -2.07. The van der Waals surface area contributed by atoms with E-state index in [1.807, 2.05) is 0 Å². The van der Waals surface area contributed by atoms with Crippen LogP contribution >= 0.6 is 0 Å². The average Bonchev–Trinajstić information content (AvgIpc) is 2.73. The molecule has 0 heterocycles. The molecule has 31 heavy (non-hydrogen) atoms. The maximum Gasteiger partial charge on any atom is 0.305 e. The molecule has 0 aromatic rings. The lowest BCUT2D eigenvalue weighted by molar-refractivity contribution is -0.144. The van der Waals surface area contributed by atoms with Crippen molar-refractivity contribution in [1.82, 2.24) is 0 Å². The predicted molar refractivity (Wildman–Crippen MR) is 140 cm³/mol. The summed E-state index contributed by atoms with van der Waals surface area (Å²) in [5.74, 6) is 0.419. The molecule has 2 heteroatoms. The number of allylic oxidation sites excluding steroid dienone is 2. The zero-order valence-corrected chi connectivity index (χ0v) is 20.9. The van der Waals surface area contributed by atoms with Crippen molar-refractivity contribution >= 4 is 5.97 Å². The van der Waals surface area contributed by atoms with Crippen molar-refractivity contribution in [3.05, 3.63) is 12.2 Å². The summed E-state index contributed by atoms with van der Waals surface area (Å²) in [5.41, 5.74) is 0. The molecule has 0 aromatic heterocycles. The van der Waals surface area contributed by atoms with Crippen molar-refractivity contribution in [3.8, 4) is 0 Å². The maximum absolute atomic E-state index is 11.5. The van der Waals surface area contributed by atoms with E-state index in [9.17, 15) is 4.79 Å². The molecule has 0 unspecified atom stereocenters. The van der Waals surface area contributed by atoms with Crippen molar-refractivity contribution < 1.29 is 9.53 Å². The number of rotatable bonds is 23. The van der Waals surface area contributed by atoms with Gasteiger partial charge in [-0.1, -0.05) is 130 Å². The Kier molecular flexibility index (Phi) is 28.5. The average molecular weight is 439 g/mol. The largest absolute Gasteiger partial charge is 0.465 e. The monoisotopic (exact) mass is 438 g/mol.